The molecule has 11 heteroatoms. The van der Waals surface area contributed by atoms with E-state index in [-0.39, 0.29) is 0 Å². The summed E-state index contributed by atoms with van der Waals surface area (Å²) in [5, 5.41) is 11.7. The largest absolute Gasteiger partial charge is 0.399 e. The molecule has 2 aliphatic heterocycles. The molecule has 2 aromatic heterocycles. The van der Waals surface area contributed by atoms with Crippen molar-refractivity contribution in [3.63, 3.8) is 0 Å². The van der Waals surface area contributed by atoms with Crippen LogP contribution in [0.4, 0.5) is 17.3 Å². The minimum atomic E-state index is 0.356. The molecule has 0 aliphatic carbocycles. The van der Waals surface area contributed by atoms with Crippen molar-refractivity contribution in [1.82, 2.24) is 29.5 Å². The Morgan fingerprint density at radius 1 is 0.930 bits per heavy atom. The van der Waals surface area contributed by atoms with Crippen LogP contribution in [0.5, 0.6) is 0 Å². The lowest BCUT2D eigenvalue weighted by molar-refractivity contribution is 0.113. The maximum atomic E-state index is 6.39. The molecule has 6 rings (SSSR count). The molecule has 4 aromatic rings. The zero-order chi connectivity index (χ0) is 40.8. The molecule has 1 unspecified atom stereocenters. The van der Waals surface area contributed by atoms with Crippen molar-refractivity contribution in [2.45, 2.75) is 91.8 Å². The van der Waals surface area contributed by atoms with Crippen molar-refractivity contribution in [3.05, 3.63) is 95.9 Å². The van der Waals surface area contributed by atoms with Crippen LogP contribution in [0.3, 0.4) is 0 Å². The van der Waals surface area contributed by atoms with Crippen LogP contribution in [-0.4, -0.2) is 70.3 Å². The summed E-state index contributed by atoms with van der Waals surface area (Å²) in [6.45, 7) is 30.3. The number of rotatable bonds is 12. The van der Waals surface area contributed by atoms with Crippen LogP contribution in [-0.2, 0) is 25.9 Å². The lowest BCUT2D eigenvalue weighted by Crippen LogP contribution is -2.42. The standard InChI is InChI=1S/C46H65N11/c1-10-57-43(24-31(4)53-57)34(7)51-29-55-19-11-12-20-56-45-37(26-39(33(6)48)28-42(45)52-46(56)50-9)14-16-40(54-21-17-35(18-22-54)23-30(2)3)15-13-36-25-38(32(5)47)27-41(49-8)44(36)55/h11-12,24-28,30,35,40,51H,5-8,10,13-23,29,47-48H2,1-4,9H3,(H,50,52)/b12-11+. The van der Waals surface area contributed by atoms with Crippen molar-refractivity contribution in [3.8, 4) is 0 Å². The third-order valence-electron chi connectivity index (χ3n) is 11.8. The van der Waals surface area contributed by atoms with Crippen molar-refractivity contribution in [2.24, 2.45) is 28.3 Å². The van der Waals surface area contributed by atoms with Gasteiger partial charge in [0.2, 0.25) is 5.95 Å². The maximum Gasteiger partial charge on any atom is 0.203 e. The Bertz CT molecular complexity index is 2120. The number of benzene rings is 2. The second kappa shape index (κ2) is 18.3. The van der Waals surface area contributed by atoms with E-state index < -0.39 is 0 Å². The number of aliphatic imine (C=N–C) groups is 1. The quantitative estimate of drug-likeness (QED) is 0.0841. The number of nitrogens with two attached hydrogens (primary N) is 2. The molecule has 2 aliphatic rings. The number of aromatic nitrogens is 4. The number of piperidine rings is 1. The van der Waals surface area contributed by atoms with E-state index in [2.05, 4.69) is 119 Å². The summed E-state index contributed by atoms with van der Waals surface area (Å²) >= 11 is 0. The Balaban J connectivity index is 1.44. The van der Waals surface area contributed by atoms with Crippen LogP contribution in [0, 0.1) is 18.8 Å². The van der Waals surface area contributed by atoms with Gasteiger partial charge in [0, 0.05) is 44.1 Å². The fourth-order valence-electron chi connectivity index (χ4n) is 8.94. The molecule has 0 amide bonds. The minimum Gasteiger partial charge on any atom is -0.399 e. The van der Waals surface area contributed by atoms with Gasteiger partial charge < -0.3 is 36.5 Å². The third-order valence-corrected chi connectivity index (χ3v) is 11.8. The fourth-order valence-corrected chi connectivity index (χ4v) is 8.94. The number of aryl methyl sites for hydroxylation is 4. The Morgan fingerprint density at radius 2 is 1.60 bits per heavy atom. The average molecular weight is 772 g/mol. The summed E-state index contributed by atoms with van der Waals surface area (Å²) in [7, 11) is 1.93. The molecule has 0 saturated carbocycles. The first-order valence-corrected chi connectivity index (χ1v) is 20.8. The lowest BCUT2D eigenvalue weighted by atomic mass is 9.87. The second-order valence-electron chi connectivity index (χ2n) is 16.3. The van der Waals surface area contributed by atoms with E-state index in [9.17, 15) is 0 Å². The summed E-state index contributed by atoms with van der Waals surface area (Å²) in [5.74, 6) is 2.32. The van der Waals surface area contributed by atoms with Gasteiger partial charge in [-0.3, -0.25) is 9.67 Å². The summed E-state index contributed by atoms with van der Waals surface area (Å²) in [6, 6.07) is 11.0. The topological polar surface area (TPSA) is 131 Å². The Morgan fingerprint density at radius 3 is 2.25 bits per heavy atom. The van der Waals surface area contributed by atoms with E-state index in [0.29, 0.717) is 37.2 Å². The number of allylic oxidation sites excluding steroid dienone is 1. The van der Waals surface area contributed by atoms with Crippen LogP contribution in [0.15, 0.2) is 67.2 Å². The first kappa shape index (κ1) is 41.3. The maximum absolute atomic E-state index is 6.39. The summed E-state index contributed by atoms with van der Waals surface area (Å²) in [6.07, 6.45) is 11.9. The van der Waals surface area contributed by atoms with Crippen molar-refractivity contribution < 1.29 is 0 Å². The molecule has 0 radical (unpaired) electrons. The van der Waals surface area contributed by atoms with E-state index in [1.165, 1.54) is 30.4 Å². The number of nitrogens with one attached hydrogen (secondary N) is 2. The molecule has 57 heavy (non-hydrogen) atoms. The predicted molar refractivity (Wildman–Crippen MR) is 242 cm³/mol. The molecule has 0 bridgehead atoms. The molecule has 2 aromatic carbocycles. The van der Waals surface area contributed by atoms with Crippen molar-refractivity contribution in [1.29, 1.82) is 0 Å². The number of hydrogen-bond donors (Lipinski definition) is 4. The number of fused-ring (bicyclic) bond motifs is 1. The van der Waals surface area contributed by atoms with Gasteiger partial charge in [-0.25, -0.2) is 4.98 Å². The van der Waals surface area contributed by atoms with Gasteiger partial charge in [-0.15, -0.1) is 0 Å². The highest BCUT2D eigenvalue weighted by molar-refractivity contribution is 5.86. The van der Waals surface area contributed by atoms with Crippen molar-refractivity contribution >= 4 is 52.2 Å². The van der Waals surface area contributed by atoms with Crippen LogP contribution in [0.1, 0.15) is 86.5 Å². The smallest absolute Gasteiger partial charge is 0.203 e. The molecule has 304 valence electrons. The van der Waals surface area contributed by atoms with E-state index >= 15 is 0 Å². The van der Waals surface area contributed by atoms with Gasteiger partial charge in [0.05, 0.1) is 46.2 Å². The number of hydrogen-bond acceptors (Lipinski definition) is 9. The predicted octanol–water partition coefficient (Wildman–Crippen LogP) is 8.08. The number of nitrogens with zero attached hydrogens (tertiary/aromatic N) is 7. The number of likely N-dealkylation sites (tertiary alicyclic amines) is 1. The molecular formula is C46H65N11. The van der Waals surface area contributed by atoms with Gasteiger partial charge in [0.15, 0.2) is 0 Å². The van der Waals surface area contributed by atoms with Gasteiger partial charge in [0.1, 0.15) is 0 Å². The highest BCUT2D eigenvalue weighted by Gasteiger charge is 2.28. The highest BCUT2D eigenvalue weighted by atomic mass is 15.3. The van der Waals surface area contributed by atoms with Gasteiger partial charge in [0.25, 0.3) is 0 Å². The van der Waals surface area contributed by atoms with E-state index in [4.69, 9.17) is 16.5 Å². The molecule has 1 fully saturated rings. The van der Waals surface area contributed by atoms with Crippen LogP contribution >= 0.6 is 0 Å². The molecule has 1 saturated heterocycles. The van der Waals surface area contributed by atoms with Crippen LogP contribution in [0.25, 0.3) is 28.1 Å². The molecule has 1 atom stereocenters. The van der Waals surface area contributed by atoms with Crippen LogP contribution < -0.4 is 27.0 Å². The second-order valence-corrected chi connectivity index (χ2v) is 16.3. The minimum absolute atomic E-state index is 0.356. The van der Waals surface area contributed by atoms with Crippen molar-refractivity contribution in [2.75, 3.05) is 43.6 Å². The summed E-state index contributed by atoms with van der Waals surface area (Å²) < 4.78 is 4.28. The SMILES string of the molecule is C=Nc1cc(C(=C)N)cc2c1N(CNC(=C)c1cc(C)nn1CC)C/C=C/Cn1c(NC)nc3cc(C(=C)N)cc(c31)CCC(N1CCC(CC(C)C)CC1)CC2. The average Bonchev–Trinajstić information content (AvgIpc) is 3.76. The first-order valence-electron chi connectivity index (χ1n) is 20.8. The van der Waals surface area contributed by atoms with Gasteiger partial charge in [-0.2, -0.15) is 5.10 Å². The third kappa shape index (κ3) is 9.47. The molecule has 4 heterocycles. The Kier molecular flexibility index (Phi) is 13.3. The monoisotopic (exact) mass is 772 g/mol. The van der Waals surface area contributed by atoms with Crippen LogP contribution in [0.2, 0.25) is 0 Å². The lowest BCUT2D eigenvalue weighted by Gasteiger charge is -2.38. The normalized spacial score (nSPS) is 17.8. The van der Waals surface area contributed by atoms with Gasteiger partial charge in [-0.05, 0) is 143 Å². The van der Waals surface area contributed by atoms with Gasteiger partial charge >= 0.3 is 0 Å². The molecule has 11 nitrogen and oxygen atoms in total. The Hall–Kier alpha value is -5.29. The summed E-state index contributed by atoms with van der Waals surface area (Å²) in [4.78, 5) is 14.8. The zero-order valence-electron chi connectivity index (χ0n) is 35.1. The zero-order valence-corrected chi connectivity index (χ0v) is 35.1. The number of anilines is 2. The van der Waals surface area contributed by atoms with Gasteiger partial charge in [-0.1, -0.05) is 45.7 Å². The highest BCUT2D eigenvalue weighted by Crippen LogP contribution is 2.38. The summed E-state index contributed by atoms with van der Waals surface area (Å²) in [5.41, 5.74) is 24.7. The Labute approximate surface area is 340 Å². The van der Waals surface area contributed by atoms with E-state index in [0.717, 1.165) is 114 Å². The number of imidazole rings is 1. The van der Waals surface area contributed by atoms with E-state index in [1.807, 2.05) is 24.7 Å². The fraction of sp³-hybridized carbons (Fsp3) is 0.457. The first-order chi connectivity index (χ1) is 27.4. The molecule has 0 spiro atoms. The molecule has 6 N–H and O–H groups in total. The molecular weight excluding hydrogens is 707 g/mol. The van der Waals surface area contributed by atoms with E-state index in [1.54, 1.807) is 0 Å².